The highest BCUT2D eigenvalue weighted by Gasteiger charge is 2.38. The van der Waals surface area contributed by atoms with Crippen LogP contribution in [0.5, 0.6) is 0 Å². The third kappa shape index (κ3) is 3.15. The van der Waals surface area contributed by atoms with Gasteiger partial charge in [-0.1, -0.05) is 6.92 Å². The Hall–Kier alpha value is -1.85. The van der Waals surface area contributed by atoms with Gasteiger partial charge in [0.2, 0.25) is 5.91 Å². The number of nitrogens with zero attached hydrogens (tertiary/aromatic N) is 2. The molecule has 0 aliphatic carbocycles. The molecule has 1 fully saturated rings. The van der Waals surface area contributed by atoms with Crippen molar-refractivity contribution in [3.05, 3.63) is 42.7 Å². The largest absolute Gasteiger partial charge is 0.324 e. The van der Waals surface area contributed by atoms with Crippen LogP contribution in [0.3, 0.4) is 0 Å². The molecule has 1 unspecified atom stereocenters. The molecule has 0 radical (unpaired) electrons. The number of rotatable bonds is 4. The fraction of sp³-hybridized carbons (Fsp3) is 0.375. The van der Waals surface area contributed by atoms with E-state index in [1.165, 1.54) is 0 Å². The van der Waals surface area contributed by atoms with Crippen molar-refractivity contribution in [3.63, 3.8) is 0 Å². The van der Waals surface area contributed by atoms with Crippen LogP contribution in [0, 0.1) is 0 Å². The number of hydrogen-bond acceptors (Lipinski definition) is 3. The number of hydrogen-bond donors (Lipinski definition) is 2. The first-order valence-corrected chi connectivity index (χ1v) is 7.40. The van der Waals surface area contributed by atoms with Gasteiger partial charge in [0.05, 0.1) is 11.2 Å². The van der Waals surface area contributed by atoms with Gasteiger partial charge < -0.3 is 10.6 Å². The van der Waals surface area contributed by atoms with E-state index in [1.807, 2.05) is 36.5 Å². The lowest BCUT2D eigenvalue weighted by Gasteiger charge is -2.26. The Morgan fingerprint density at radius 3 is 2.73 bits per heavy atom. The Balaban J connectivity index is 0.00000176. The standard InChI is InChI=1S/C16H20N4O.ClH/c1-2-16(9-3-10-17-16)15(21)19-13-5-7-14(8-6-13)20-12-4-11-18-20;/h4-8,11-12,17H,2-3,9-10H2,1H3,(H,19,21);1H. The van der Waals surface area contributed by atoms with Gasteiger partial charge in [-0.2, -0.15) is 5.10 Å². The van der Waals surface area contributed by atoms with Crippen LogP contribution in [0.25, 0.3) is 5.69 Å². The van der Waals surface area contributed by atoms with Crippen molar-refractivity contribution in [2.75, 3.05) is 11.9 Å². The summed E-state index contributed by atoms with van der Waals surface area (Å²) in [7, 11) is 0. The zero-order valence-electron chi connectivity index (χ0n) is 12.6. The second-order valence-corrected chi connectivity index (χ2v) is 5.42. The summed E-state index contributed by atoms with van der Waals surface area (Å²) in [5, 5.41) is 10.5. The molecule has 0 saturated carbocycles. The smallest absolute Gasteiger partial charge is 0.244 e. The first-order valence-electron chi connectivity index (χ1n) is 7.40. The molecule has 1 saturated heterocycles. The van der Waals surface area contributed by atoms with E-state index >= 15 is 0 Å². The number of halogens is 1. The highest BCUT2D eigenvalue weighted by molar-refractivity contribution is 5.98. The van der Waals surface area contributed by atoms with Crippen LogP contribution in [0.2, 0.25) is 0 Å². The van der Waals surface area contributed by atoms with Gasteiger partial charge in [-0.25, -0.2) is 4.68 Å². The summed E-state index contributed by atoms with van der Waals surface area (Å²) < 4.78 is 1.79. The quantitative estimate of drug-likeness (QED) is 0.910. The van der Waals surface area contributed by atoms with Crippen LogP contribution in [-0.2, 0) is 4.79 Å². The molecule has 0 bridgehead atoms. The maximum Gasteiger partial charge on any atom is 0.244 e. The van der Waals surface area contributed by atoms with Crippen molar-refractivity contribution in [1.29, 1.82) is 0 Å². The molecule has 3 rings (SSSR count). The van der Waals surface area contributed by atoms with E-state index < -0.39 is 5.54 Å². The van der Waals surface area contributed by atoms with E-state index in [0.29, 0.717) is 0 Å². The number of carbonyl (C=O) groups excluding carboxylic acids is 1. The highest BCUT2D eigenvalue weighted by Crippen LogP contribution is 2.25. The maximum atomic E-state index is 12.5. The predicted molar refractivity (Wildman–Crippen MR) is 89.7 cm³/mol. The topological polar surface area (TPSA) is 59.0 Å². The summed E-state index contributed by atoms with van der Waals surface area (Å²) in [5.41, 5.74) is 1.39. The predicted octanol–water partition coefficient (Wildman–Crippen LogP) is 2.76. The Bertz CT molecular complexity index is 604. The summed E-state index contributed by atoms with van der Waals surface area (Å²) >= 11 is 0. The summed E-state index contributed by atoms with van der Waals surface area (Å²) in [5.74, 6) is 0.0642. The number of carbonyl (C=O) groups is 1. The molecule has 1 atom stereocenters. The third-order valence-electron chi connectivity index (χ3n) is 4.18. The maximum absolute atomic E-state index is 12.5. The average Bonchev–Trinajstić information content (AvgIpc) is 3.20. The molecule has 2 N–H and O–H groups in total. The molecule has 2 heterocycles. The molecule has 1 aromatic carbocycles. The summed E-state index contributed by atoms with van der Waals surface area (Å²) in [6, 6.07) is 9.60. The fourth-order valence-corrected chi connectivity index (χ4v) is 2.83. The van der Waals surface area contributed by atoms with E-state index in [-0.39, 0.29) is 18.3 Å². The molecule has 1 aliphatic heterocycles. The molecule has 1 aliphatic rings. The lowest BCUT2D eigenvalue weighted by atomic mass is 9.93. The summed E-state index contributed by atoms with van der Waals surface area (Å²) in [4.78, 5) is 12.5. The first kappa shape index (κ1) is 16.5. The van der Waals surface area contributed by atoms with Crippen LogP contribution in [0.15, 0.2) is 42.7 Å². The minimum Gasteiger partial charge on any atom is -0.324 e. The van der Waals surface area contributed by atoms with Crippen molar-refractivity contribution < 1.29 is 4.79 Å². The van der Waals surface area contributed by atoms with Crippen LogP contribution in [-0.4, -0.2) is 27.8 Å². The van der Waals surface area contributed by atoms with Gasteiger partial charge in [-0.3, -0.25) is 4.79 Å². The highest BCUT2D eigenvalue weighted by atomic mass is 35.5. The van der Waals surface area contributed by atoms with Gasteiger partial charge in [-0.05, 0) is 56.1 Å². The van der Waals surface area contributed by atoms with Crippen molar-refractivity contribution in [2.45, 2.75) is 31.7 Å². The molecule has 0 spiro atoms. The number of amides is 1. The van der Waals surface area contributed by atoms with Gasteiger partial charge in [0.25, 0.3) is 0 Å². The Morgan fingerprint density at radius 1 is 1.41 bits per heavy atom. The molecular formula is C16H21ClN4O. The van der Waals surface area contributed by atoms with Gasteiger partial charge in [0, 0.05) is 18.1 Å². The number of benzene rings is 1. The molecule has 6 heteroatoms. The number of anilines is 1. The third-order valence-corrected chi connectivity index (χ3v) is 4.18. The first-order chi connectivity index (χ1) is 10.2. The second kappa shape index (κ2) is 6.94. The normalized spacial score (nSPS) is 20.4. The minimum atomic E-state index is -0.402. The Labute approximate surface area is 136 Å². The molecular weight excluding hydrogens is 300 g/mol. The fourth-order valence-electron chi connectivity index (χ4n) is 2.83. The van der Waals surface area contributed by atoms with Crippen molar-refractivity contribution in [1.82, 2.24) is 15.1 Å². The summed E-state index contributed by atoms with van der Waals surface area (Å²) in [6.45, 7) is 2.97. The van der Waals surface area contributed by atoms with Gasteiger partial charge in [-0.15, -0.1) is 12.4 Å². The van der Waals surface area contributed by atoms with Gasteiger partial charge in [0.15, 0.2) is 0 Å². The van der Waals surface area contributed by atoms with E-state index in [4.69, 9.17) is 0 Å². The summed E-state index contributed by atoms with van der Waals surface area (Å²) in [6.07, 6.45) is 6.40. The second-order valence-electron chi connectivity index (χ2n) is 5.42. The van der Waals surface area contributed by atoms with Crippen LogP contribution in [0.1, 0.15) is 26.2 Å². The van der Waals surface area contributed by atoms with Crippen LogP contribution >= 0.6 is 12.4 Å². The van der Waals surface area contributed by atoms with Gasteiger partial charge in [0.1, 0.15) is 0 Å². The lowest BCUT2D eigenvalue weighted by molar-refractivity contribution is -0.122. The number of aromatic nitrogens is 2. The lowest BCUT2D eigenvalue weighted by Crippen LogP contribution is -2.50. The molecule has 1 amide bonds. The Kier molecular flexibility index (Phi) is 5.21. The van der Waals surface area contributed by atoms with Crippen molar-refractivity contribution >= 4 is 24.0 Å². The zero-order valence-corrected chi connectivity index (χ0v) is 13.4. The molecule has 1 aromatic heterocycles. The monoisotopic (exact) mass is 320 g/mol. The van der Waals surface area contributed by atoms with E-state index in [9.17, 15) is 4.79 Å². The van der Waals surface area contributed by atoms with Crippen molar-refractivity contribution in [2.24, 2.45) is 0 Å². The van der Waals surface area contributed by atoms with E-state index in [1.54, 1.807) is 10.9 Å². The molecule has 2 aromatic rings. The number of nitrogens with one attached hydrogen (secondary N) is 2. The minimum absolute atomic E-state index is 0. The SMILES string of the molecule is CCC1(C(=O)Nc2ccc(-n3cccn3)cc2)CCCN1.Cl. The van der Waals surface area contributed by atoms with Gasteiger partial charge >= 0.3 is 0 Å². The van der Waals surface area contributed by atoms with E-state index in [0.717, 1.165) is 37.2 Å². The Morgan fingerprint density at radius 2 is 2.18 bits per heavy atom. The zero-order chi connectivity index (χ0) is 14.7. The van der Waals surface area contributed by atoms with Crippen LogP contribution < -0.4 is 10.6 Å². The van der Waals surface area contributed by atoms with E-state index in [2.05, 4.69) is 22.7 Å². The molecule has 5 nitrogen and oxygen atoms in total. The molecule has 22 heavy (non-hydrogen) atoms. The molecule has 118 valence electrons. The average molecular weight is 321 g/mol. The van der Waals surface area contributed by atoms with Crippen LogP contribution in [0.4, 0.5) is 5.69 Å². The van der Waals surface area contributed by atoms with Crippen molar-refractivity contribution in [3.8, 4) is 5.69 Å².